The molecule has 2 aliphatic carbocycles. The monoisotopic (exact) mass is 668 g/mol. The quantitative estimate of drug-likeness (QED) is 0.137. The van der Waals surface area contributed by atoms with Gasteiger partial charge < -0.3 is 0 Å². The summed E-state index contributed by atoms with van der Waals surface area (Å²) in [5.41, 5.74) is 1.35. The molecule has 0 atom stereocenters. The van der Waals surface area contributed by atoms with E-state index in [0.29, 0.717) is 39.9 Å². The summed E-state index contributed by atoms with van der Waals surface area (Å²) >= 11 is 0. The van der Waals surface area contributed by atoms with Crippen LogP contribution in [0.25, 0.3) is 55.9 Å². The van der Waals surface area contributed by atoms with Crippen LogP contribution in [0.15, 0.2) is 83.9 Å². The van der Waals surface area contributed by atoms with Crippen LogP contribution in [0.5, 0.6) is 0 Å². The Morgan fingerprint density at radius 1 is 0.540 bits per heavy atom. The van der Waals surface area contributed by atoms with Crippen LogP contribution in [0.3, 0.4) is 0 Å². The van der Waals surface area contributed by atoms with Crippen molar-refractivity contribution in [2.75, 3.05) is 0 Å². The first-order valence-corrected chi connectivity index (χ1v) is 14.6. The summed E-state index contributed by atoms with van der Waals surface area (Å²) in [6, 6.07) is 23.4. The molecule has 0 amide bonds. The van der Waals surface area contributed by atoms with Crippen molar-refractivity contribution in [1.29, 1.82) is 21.0 Å². The van der Waals surface area contributed by atoms with Crippen LogP contribution >= 0.6 is 0 Å². The van der Waals surface area contributed by atoms with E-state index < -0.39 is 30.0 Å². The Kier molecular flexibility index (Phi) is 7.32. The van der Waals surface area contributed by atoms with Gasteiger partial charge in [0.25, 0.3) is 0 Å². The van der Waals surface area contributed by atoms with E-state index in [9.17, 15) is 47.4 Å². The van der Waals surface area contributed by atoms with Crippen LogP contribution in [0.2, 0.25) is 0 Å². The number of rotatable bonds is 3. The summed E-state index contributed by atoms with van der Waals surface area (Å²) in [6.45, 7) is -1.03. The second-order valence-corrected chi connectivity index (χ2v) is 11.2. The molecule has 0 saturated carbocycles. The van der Waals surface area contributed by atoms with E-state index >= 15 is 0 Å². The van der Waals surface area contributed by atoms with Crippen molar-refractivity contribution in [2.24, 2.45) is 0 Å². The Morgan fingerprint density at radius 2 is 0.960 bits per heavy atom. The van der Waals surface area contributed by atoms with Gasteiger partial charge in [-0.05, 0) is 69.8 Å². The van der Waals surface area contributed by atoms with Crippen LogP contribution in [0, 0.1) is 57.0 Å². The third-order valence-electron chi connectivity index (χ3n) is 8.53. The van der Waals surface area contributed by atoms with E-state index in [0.717, 1.165) is 6.07 Å². The van der Waals surface area contributed by atoms with Crippen LogP contribution in [-0.4, -0.2) is 9.97 Å². The number of hydrogen-bond donors (Lipinski definition) is 0. The lowest BCUT2D eigenvalue weighted by atomic mass is 9.95. The minimum atomic E-state index is -4.95. The summed E-state index contributed by atoms with van der Waals surface area (Å²) in [6.07, 6.45) is -4.95. The van der Waals surface area contributed by atoms with Crippen LogP contribution in [-0.2, 0) is 12.9 Å². The second-order valence-electron chi connectivity index (χ2n) is 11.2. The summed E-state index contributed by atoms with van der Waals surface area (Å²) < 4.78 is 82.1. The SMILES string of the molecule is N#CC(C#N)=C1c2cc(-c3ccc(F)c(CF)c3)ccc2-c2nc3c(nc21)-c1ccc(-c2ccc(F)c(C(F)(F)F)c2)cc1C3=C(C#N)C#N. The Hall–Kier alpha value is -7.02. The van der Waals surface area contributed by atoms with Crippen LogP contribution in [0.4, 0.5) is 26.3 Å². The number of allylic oxidation sites excluding steroid dienone is 2. The van der Waals surface area contributed by atoms with E-state index in [1.807, 2.05) is 24.3 Å². The van der Waals surface area contributed by atoms with Crippen molar-refractivity contribution >= 4 is 11.1 Å². The smallest absolute Gasteiger partial charge is 0.246 e. The maximum Gasteiger partial charge on any atom is 0.419 e. The fourth-order valence-electron chi connectivity index (χ4n) is 6.25. The molecular weight excluding hydrogens is 654 g/mol. The van der Waals surface area contributed by atoms with Gasteiger partial charge in [-0.3, -0.25) is 0 Å². The Morgan fingerprint density at radius 3 is 1.40 bits per heavy atom. The number of nitrogens with zero attached hydrogens (tertiary/aromatic N) is 6. The molecule has 0 unspecified atom stereocenters. The van der Waals surface area contributed by atoms with Crippen molar-refractivity contribution in [1.82, 2.24) is 9.97 Å². The number of alkyl halides is 4. The topological polar surface area (TPSA) is 121 Å². The summed E-state index contributed by atoms with van der Waals surface area (Å²) in [7, 11) is 0. The Bertz CT molecular complexity index is 2560. The van der Waals surface area contributed by atoms with E-state index in [2.05, 4.69) is 0 Å². The molecule has 0 aliphatic heterocycles. The summed E-state index contributed by atoms with van der Waals surface area (Å²) in [5.74, 6) is -2.15. The first-order chi connectivity index (χ1) is 24.0. The maximum absolute atomic E-state index is 14.1. The highest BCUT2D eigenvalue weighted by Gasteiger charge is 2.37. The molecule has 0 spiro atoms. The first-order valence-electron chi connectivity index (χ1n) is 14.6. The van der Waals surface area contributed by atoms with Gasteiger partial charge in [0.1, 0.15) is 65.1 Å². The summed E-state index contributed by atoms with van der Waals surface area (Å²) in [4.78, 5) is 9.64. The molecule has 5 aromatic rings. The molecule has 12 heteroatoms. The van der Waals surface area contributed by atoms with E-state index in [1.54, 1.807) is 18.2 Å². The molecule has 1 aromatic heterocycles. The Balaban J connectivity index is 1.45. The highest BCUT2D eigenvalue weighted by molar-refractivity contribution is 6.07. The molecule has 7 rings (SSSR count). The van der Waals surface area contributed by atoms with Crippen LogP contribution < -0.4 is 0 Å². The van der Waals surface area contributed by atoms with Gasteiger partial charge in [-0.1, -0.05) is 36.4 Å². The van der Waals surface area contributed by atoms with Gasteiger partial charge in [-0.2, -0.15) is 34.2 Å². The molecule has 238 valence electrons. The minimum absolute atomic E-state index is 0.0260. The number of fused-ring (bicyclic) bond motifs is 6. The van der Waals surface area contributed by atoms with Gasteiger partial charge in [0, 0.05) is 27.8 Å². The average molecular weight is 669 g/mol. The zero-order valence-electron chi connectivity index (χ0n) is 25.1. The third-order valence-corrected chi connectivity index (χ3v) is 8.53. The maximum atomic E-state index is 14.1. The lowest BCUT2D eigenvalue weighted by molar-refractivity contribution is -0.139. The lowest BCUT2D eigenvalue weighted by Crippen LogP contribution is -2.08. The predicted molar refractivity (Wildman–Crippen MR) is 168 cm³/mol. The molecule has 0 radical (unpaired) electrons. The number of nitriles is 4. The number of halogens is 6. The van der Waals surface area contributed by atoms with Gasteiger partial charge in [-0.25, -0.2) is 23.1 Å². The third kappa shape index (κ3) is 4.79. The van der Waals surface area contributed by atoms with Crippen LogP contribution in [0.1, 0.15) is 33.6 Å². The van der Waals surface area contributed by atoms with Gasteiger partial charge in [0.15, 0.2) is 0 Å². The zero-order valence-corrected chi connectivity index (χ0v) is 25.1. The van der Waals surface area contributed by atoms with Crippen molar-refractivity contribution in [2.45, 2.75) is 12.9 Å². The lowest BCUT2D eigenvalue weighted by Gasteiger charge is -2.11. The fraction of sp³-hybridized carbons (Fsp3) is 0.0526. The van der Waals surface area contributed by atoms with E-state index in [4.69, 9.17) is 9.97 Å². The molecular formula is C38H14F6N6. The van der Waals surface area contributed by atoms with Crippen molar-refractivity contribution in [3.05, 3.63) is 129 Å². The molecule has 1 heterocycles. The van der Waals surface area contributed by atoms with Crippen molar-refractivity contribution < 1.29 is 26.3 Å². The zero-order chi connectivity index (χ0) is 35.5. The number of benzene rings is 4. The van der Waals surface area contributed by atoms with Gasteiger partial charge in [0.05, 0.1) is 17.0 Å². The highest BCUT2D eigenvalue weighted by Crippen LogP contribution is 2.51. The standard InChI is InChI=1S/C38H14F6N6/c39-13-22-9-18(3-7-30(22)40)19-1-5-25-27(10-19)32(23(14-45)15-46)36-34(25)49-37-33(24(16-47)17-48)28-11-20(2-6-26(28)35(37)50-36)21-4-8-31(41)29(12-21)38(42,43)44/h1-12H,13H2. The van der Waals surface area contributed by atoms with E-state index in [1.165, 1.54) is 36.4 Å². The Labute approximate surface area is 279 Å². The van der Waals surface area contributed by atoms with Gasteiger partial charge in [0.2, 0.25) is 0 Å². The molecule has 50 heavy (non-hydrogen) atoms. The number of hydrogen-bond acceptors (Lipinski definition) is 6. The average Bonchev–Trinajstić information content (AvgIpc) is 3.59. The molecule has 4 aromatic carbocycles. The molecule has 0 bridgehead atoms. The highest BCUT2D eigenvalue weighted by atomic mass is 19.4. The predicted octanol–water partition coefficient (Wildman–Crippen LogP) is 9.24. The first kappa shape index (κ1) is 31.6. The van der Waals surface area contributed by atoms with Crippen molar-refractivity contribution in [3.63, 3.8) is 0 Å². The minimum Gasteiger partial charge on any atom is -0.246 e. The second kappa shape index (κ2) is 11.6. The normalized spacial score (nSPS) is 12.1. The van der Waals surface area contributed by atoms with E-state index in [-0.39, 0.29) is 67.3 Å². The number of aromatic nitrogens is 2. The van der Waals surface area contributed by atoms with Gasteiger partial charge in [-0.15, -0.1) is 0 Å². The largest absolute Gasteiger partial charge is 0.419 e. The molecule has 6 nitrogen and oxygen atoms in total. The van der Waals surface area contributed by atoms with Crippen molar-refractivity contribution in [3.8, 4) is 69.0 Å². The fourth-order valence-corrected chi connectivity index (χ4v) is 6.25. The molecule has 0 fully saturated rings. The molecule has 2 aliphatic rings. The van der Waals surface area contributed by atoms with Gasteiger partial charge >= 0.3 is 6.18 Å². The molecule has 0 saturated heterocycles. The molecule has 0 N–H and O–H groups in total. The summed E-state index contributed by atoms with van der Waals surface area (Å²) in [5, 5.41) is 39.7.